The number of rotatable bonds is 1. The molecule has 0 bridgehead atoms. The molecule has 0 amide bonds. The molecule has 2 heterocycles. The van der Waals surface area contributed by atoms with Gasteiger partial charge in [-0.25, -0.2) is 0 Å². The molecule has 1 N–H and O–H groups in total. The molecular weight excluding hydrogens is 184 g/mol. The maximum Gasteiger partial charge on any atom is 0.0224 e. The van der Waals surface area contributed by atoms with Gasteiger partial charge in [-0.15, -0.1) is 0 Å². The first-order chi connectivity index (χ1) is 7.43. The molecular formula is C13H24N2. The molecule has 0 aromatic carbocycles. The zero-order chi connectivity index (χ0) is 10.1. The molecule has 2 nitrogen and oxygen atoms in total. The molecule has 0 aromatic heterocycles. The van der Waals surface area contributed by atoms with E-state index in [1.807, 2.05) is 0 Å². The van der Waals surface area contributed by atoms with Crippen LogP contribution in [0.1, 0.15) is 44.9 Å². The van der Waals surface area contributed by atoms with Gasteiger partial charge in [0.25, 0.3) is 0 Å². The first kappa shape index (κ1) is 10.1. The summed E-state index contributed by atoms with van der Waals surface area (Å²) in [6.07, 6.45) is 10.3. The molecule has 3 aliphatic rings. The highest BCUT2D eigenvalue weighted by molar-refractivity contribution is 4.93. The minimum Gasteiger partial charge on any atom is -0.311 e. The van der Waals surface area contributed by atoms with E-state index in [1.54, 1.807) is 0 Å². The van der Waals surface area contributed by atoms with Crippen LogP contribution in [0.2, 0.25) is 0 Å². The van der Waals surface area contributed by atoms with Crippen molar-refractivity contribution >= 4 is 0 Å². The fourth-order valence-electron chi connectivity index (χ4n) is 3.82. The highest BCUT2D eigenvalue weighted by Gasteiger charge is 2.34. The lowest BCUT2D eigenvalue weighted by molar-refractivity contribution is 0.127. The van der Waals surface area contributed by atoms with Crippen LogP contribution in [0.4, 0.5) is 0 Å². The van der Waals surface area contributed by atoms with E-state index in [-0.39, 0.29) is 0 Å². The number of hydrogen-bond acceptors (Lipinski definition) is 2. The highest BCUT2D eigenvalue weighted by atomic mass is 15.2. The van der Waals surface area contributed by atoms with Crippen LogP contribution in [0.25, 0.3) is 0 Å². The summed E-state index contributed by atoms with van der Waals surface area (Å²) in [6.45, 7) is 3.98. The van der Waals surface area contributed by atoms with Crippen molar-refractivity contribution in [2.24, 2.45) is 5.92 Å². The Bertz CT molecular complexity index is 211. The van der Waals surface area contributed by atoms with Crippen molar-refractivity contribution in [1.29, 1.82) is 0 Å². The van der Waals surface area contributed by atoms with Gasteiger partial charge in [0, 0.05) is 25.2 Å². The van der Waals surface area contributed by atoms with Gasteiger partial charge in [0.15, 0.2) is 0 Å². The Balaban J connectivity index is 1.58. The second-order valence-electron chi connectivity index (χ2n) is 5.70. The van der Waals surface area contributed by atoms with E-state index in [2.05, 4.69) is 10.2 Å². The molecule has 2 unspecified atom stereocenters. The van der Waals surface area contributed by atoms with E-state index in [4.69, 9.17) is 0 Å². The standard InChI is InChI=1S/C13H24N2/c1-2-5-11(6-3-1)13-10-15-8-4-7-12(15)9-14-13/h11-14H,1-10H2. The number of hydrogen-bond donors (Lipinski definition) is 1. The van der Waals surface area contributed by atoms with Gasteiger partial charge in [-0.3, -0.25) is 4.90 Å². The Morgan fingerprint density at radius 3 is 2.67 bits per heavy atom. The second kappa shape index (κ2) is 4.42. The topological polar surface area (TPSA) is 15.3 Å². The van der Waals surface area contributed by atoms with Crippen molar-refractivity contribution in [1.82, 2.24) is 10.2 Å². The Kier molecular flexibility index (Phi) is 2.98. The summed E-state index contributed by atoms with van der Waals surface area (Å²) in [4.78, 5) is 2.75. The lowest BCUT2D eigenvalue weighted by Gasteiger charge is -2.41. The van der Waals surface area contributed by atoms with E-state index in [0.29, 0.717) is 0 Å². The number of fused-ring (bicyclic) bond motifs is 1. The lowest BCUT2D eigenvalue weighted by Crippen LogP contribution is -2.56. The molecule has 2 saturated heterocycles. The first-order valence-corrected chi connectivity index (χ1v) is 6.91. The van der Waals surface area contributed by atoms with Gasteiger partial charge in [-0.1, -0.05) is 19.3 Å². The Labute approximate surface area is 93.4 Å². The average Bonchev–Trinajstić information content (AvgIpc) is 2.77. The number of nitrogens with one attached hydrogen (secondary N) is 1. The van der Waals surface area contributed by atoms with Gasteiger partial charge in [0.2, 0.25) is 0 Å². The van der Waals surface area contributed by atoms with E-state index >= 15 is 0 Å². The van der Waals surface area contributed by atoms with E-state index in [9.17, 15) is 0 Å². The van der Waals surface area contributed by atoms with E-state index in [0.717, 1.165) is 18.0 Å². The highest BCUT2D eigenvalue weighted by Crippen LogP contribution is 2.30. The molecule has 3 fully saturated rings. The fourth-order valence-corrected chi connectivity index (χ4v) is 3.82. The predicted molar refractivity (Wildman–Crippen MR) is 63.0 cm³/mol. The Morgan fingerprint density at radius 1 is 0.933 bits per heavy atom. The van der Waals surface area contributed by atoms with Crippen molar-refractivity contribution in [3.05, 3.63) is 0 Å². The molecule has 1 aliphatic carbocycles. The molecule has 3 rings (SSSR count). The van der Waals surface area contributed by atoms with Crippen LogP contribution in [0.5, 0.6) is 0 Å². The molecule has 2 atom stereocenters. The third kappa shape index (κ3) is 2.07. The zero-order valence-electron chi connectivity index (χ0n) is 9.75. The summed E-state index contributed by atoms with van der Waals surface area (Å²) < 4.78 is 0. The SMILES string of the molecule is C1CCC(C2CN3CCCC3CN2)CC1. The molecule has 15 heavy (non-hydrogen) atoms. The summed E-state index contributed by atoms with van der Waals surface area (Å²) in [5.41, 5.74) is 0. The van der Waals surface area contributed by atoms with Crippen LogP contribution in [0.15, 0.2) is 0 Å². The third-order valence-electron chi connectivity index (χ3n) is 4.76. The maximum absolute atomic E-state index is 3.82. The summed E-state index contributed by atoms with van der Waals surface area (Å²) >= 11 is 0. The van der Waals surface area contributed by atoms with Crippen LogP contribution in [-0.4, -0.2) is 36.6 Å². The van der Waals surface area contributed by atoms with Crippen molar-refractivity contribution in [3.8, 4) is 0 Å². The summed E-state index contributed by atoms with van der Waals surface area (Å²) in [7, 11) is 0. The van der Waals surface area contributed by atoms with Crippen molar-refractivity contribution < 1.29 is 0 Å². The van der Waals surface area contributed by atoms with E-state index < -0.39 is 0 Å². The number of piperazine rings is 1. The minimum atomic E-state index is 0.819. The zero-order valence-corrected chi connectivity index (χ0v) is 9.75. The predicted octanol–water partition coefficient (Wildman–Crippen LogP) is 2.00. The third-order valence-corrected chi connectivity index (χ3v) is 4.76. The molecule has 0 aromatic rings. The summed E-state index contributed by atoms with van der Waals surface area (Å²) in [5, 5.41) is 3.82. The van der Waals surface area contributed by atoms with Crippen LogP contribution in [-0.2, 0) is 0 Å². The maximum atomic E-state index is 3.82. The lowest BCUT2D eigenvalue weighted by atomic mass is 9.83. The second-order valence-corrected chi connectivity index (χ2v) is 5.70. The minimum absolute atomic E-state index is 0.819. The molecule has 0 radical (unpaired) electrons. The van der Waals surface area contributed by atoms with Gasteiger partial charge in [0.1, 0.15) is 0 Å². The summed E-state index contributed by atoms with van der Waals surface area (Å²) in [6, 6.07) is 1.70. The average molecular weight is 208 g/mol. The normalized spacial score (nSPS) is 39.2. The van der Waals surface area contributed by atoms with Crippen molar-refractivity contribution in [2.45, 2.75) is 57.0 Å². The van der Waals surface area contributed by atoms with Gasteiger partial charge >= 0.3 is 0 Å². The van der Waals surface area contributed by atoms with Crippen LogP contribution in [0.3, 0.4) is 0 Å². The molecule has 86 valence electrons. The van der Waals surface area contributed by atoms with Crippen LogP contribution >= 0.6 is 0 Å². The van der Waals surface area contributed by atoms with Crippen LogP contribution in [0, 0.1) is 5.92 Å². The first-order valence-electron chi connectivity index (χ1n) is 6.91. The largest absolute Gasteiger partial charge is 0.311 e. The van der Waals surface area contributed by atoms with E-state index in [1.165, 1.54) is 64.6 Å². The van der Waals surface area contributed by atoms with Crippen molar-refractivity contribution in [2.75, 3.05) is 19.6 Å². The Morgan fingerprint density at radius 2 is 1.80 bits per heavy atom. The smallest absolute Gasteiger partial charge is 0.0224 e. The van der Waals surface area contributed by atoms with Gasteiger partial charge in [0.05, 0.1) is 0 Å². The molecule has 2 heteroatoms. The van der Waals surface area contributed by atoms with Gasteiger partial charge in [-0.05, 0) is 38.1 Å². The molecule has 2 aliphatic heterocycles. The summed E-state index contributed by atoms with van der Waals surface area (Å²) in [5.74, 6) is 0.986. The van der Waals surface area contributed by atoms with Gasteiger partial charge < -0.3 is 5.32 Å². The van der Waals surface area contributed by atoms with Crippen LogP contribution < -0.4 is 5.32 Å². The molecule has 0 spiro atoms. The Hall–Kier alpha value is -0.0800. The monoisotopic (exact) mass is 208 g/mol. The number of nitrogens with zero attached hydrogens (tertiary/aromatic N) is 1. The quantitative estimate of drug-likeness (QED) is 0.709. The molecule has 1 saturated carbocycles. The fraction of sp³-hybridized carbons (Fsp3) is 1.00. The van der Waals surface area contributed by atoms with Gasteiger partial charge in [-0.2, -0.15) is 0 Å². The van der Waals surface area contributed by atoms with Crippen molar-refractivity contribution in [3.63, 3.8) is 0 Å².